The van der Waals surface area contributed by atoms with E-state index in [1.165, 1.54) is 22.3 Å². The molecular formula is C14H18O2. The summed E-state index contributed by atoms with van der Waals surface area (Å²) >= 11 is 0. The van der Waals surface area contributed by atoms with Gasteiger partial charge in [0.1, 0.15) is 0 Å². The Labute approximate surface area is 96.3 Å². The van der Waals surface area contributed by atoms with Crippen LogP contribution in [-0.4, -0.2) is 11.1 Å². The number of hydrogen-bond acceptors (Lipinski definition) is 1. The van der Waals surface area contributed by atoms with Crippen molar-refractivity contribution in [1.29, 1.82) is 0 Å². The Morgan fingerprint density at radius 1 is 1.44 bits per heavy atom. The summed E-state index contributed by atoms with van der Waals surface area (Å²) in [6.45, 7) is 4.22. The zero-order valence-electron chi connectivity index (χ0n) is 9.92. The van der Waals surface area contributed by atoms with Crippen molar-refractivity contribution in [2.45, 2.75) is 45.4 Å². The smallest absolute Gasteiger partial charge is 0.303 e. The van der Waals surface area contributed by atoms with Gasteiger partial charge in [-0.05, 0) is 55.7 Å². The van der Waals surface area contributed by atoms with Gasteiger partial charge in [-0.2, -0.15) is 0 Å². The van der Waals surface area contributed by atoms with E-state index in [1.54, 1.807) is 0 Å². The van der Waals surface area contributed by atoms with Crippen LogP contribution in [0.25, 0.3) is 0 Å². The maximum Gasteiger partial charge on any atom is 0.303 e. The molecule has 1 aromatic rings. The zero-order valence-corrected chi connectivity index (χ0v) is 9.92. The van der Waals surface area contributed by atoms with E-state index in [-0.39, 0.29) is 12.3 Å². The van der Waals surface area contributed by atoms with Gasteiger partial charge in [0, 0.05) is 0 Å². The summed E-state index contributed by atoms with van der Waals surface area (Å²) in [6, 6.07) is 4.37. The number of carboxylic acids is 1. The number of rotatable bonds is 2. The van der Waals surface area contributed by atoms with Crippen molar-refractivity contribution in [3.63, 3.8) is 0 Å². The fraction of sp³-hybridized carbons (Fsp3) is 0.500. The predicted molar refractivity (Wildman–Crippen MR) is 63.8 cm³/mol. The normalized spacial score (nSPS) is 19.2. The summed E-state index contributed by atoms with van der Waals surface area (Å²) in [5.74, 6) is -0.461. The van der Waals surface area contributed by atoms with Crippen molar-refractivity contribution in [1.82, 2.24) is 0 Å². The van der Waals surface area contributed by atoms with E-state index in [0.29, 0.717) is 0 Å². The number of carboxylic acid groups (broad SMARTS) is 1. The van der Waals surface area contributed by atoms with Gasteiger partial charge >= 0.3 is 5.97 Å². The van der Waals surface area contributed by atoms with Crippen molar-refractivity contribution in [3.8, 4) is 0 Å². The fourth-order valence-electron chi connectivity index (χ4n) is 2.84. The topological polar surface area (TPSA) is 37.3 Å². The van der Waals surface area contributed by atoms with E-state index >= 15 is 0 Å². The van der Waals surface area contributed by atoms with Crippen molar-refractivity contribution in [3.05, 3.63) is 34.4 Å². The van der Waals surface area contributed by atoms with Gasteiger partial charge in [0.2, 0.25) is 0 Å². The van der Waals surface area contributed by atoms with Gasteiger partial charge in [-0.25, -0.2) is 0 Å². The van der Waals surface area contributed by atoms with E-state index in [4.69, 9.17) is 5.11 Å². The third-order valence-electron chi connectivity index (χ3n) is 3.49. The Kier molecular flexibility index (Phi) is 2.99. The Morgan fingerprint density at radius 2 is 2.19 bits per heavy atom. The van der Waals surface area contributed by atoms with Crippen molar-refractivity contribution < 1.29 is 9.90 Å². The molecule has 0 fully saturated rings. The Morgan fingerprint density at radius 3 is 2.88 bits per heavy atom. The third-order valence-corrected chi connectivity index (χ3v) is 3.49. The van der Waals surface area contributed by atoms with Gasteiger partial charge in [-0.3, -0.25) is 4.79 Å². The summed E-state index contributed by atoms with van der Waals surface area (Å²) in [5.41, 5.74) is 5.24. The lowest BCUT2D eigenvalue weighted by molar-refractivity contribution is -0.137. The number of benzene rings is 1. The number of carbonyl (C=O) groups is 1. The molecule has 0 bridgehead atoms. The maximum atomic E-state index is 10.8. The highest BCUT2D eigenvalue weighted by atomic mass is 16.4. The molecule has 0 heterocycles. The van der Waals surface area contributed by atoms with Crippen LogP contribution < -0.4 is 0 Å². The van der Waals surface area contributed by atoms with Crippen molar-refractivity contribution in [2.75, 3.05) is 0 Å². The molecule has 1 atom stereocenters. The van der Waals surface area contributed by atoms with Crippen LogP contribution in [0, 0.1) is 13.8 Å². The maximum absolute atomic E-state index is 10.8. The largest absolute Gasteiger partial charge is 0.481 e. The second-order valence-corrected chi connectivity index (χ2v) is 4.84. The average molecular weight is 218 g/mol. The van der Waals surface area contributed by atoms with Gasteiger partial charge in [0.05, 0.1) is 6.42 Å². The number of hydrogen-bond donors (Lipinski definition) is 1. The number of aryl methyl sites for hydroxylation is 2. The SMILES string of the molecule is Cc1cc(C)c2c(c1)C(CC(=O)O)CCC2. The van der Waals surface area contributed by atoms with E-state index in [2.05, 4.69) is 26.0 Å². The number of aliphatic carboxylic acids is 1. The lowest BCUT2D eigenvalue weighted by Crippen LogP contribution is -2.14. The Balaban J connectivity index is 2.41. The molecule has 0 spiro atoms. The van der Waals surface area contributed by atoms with Crippen LogP contribution in [-0.2, 0) is 11.2 Å². The molecule has 0 amide bonds. The molecule has 0 saturated heterocycles. The lowest BCUT2D eigenvalue weighted by atomic mass is 9.78. The lowest BCUT2D eigenvalue weighted by Gasteiger charge is -2.26. The van der Waals surface area contributed by atoms with E-state index in [9.17, 15) is 4.79 Å². The van der Waals surface area contributed by atoms with Crippen LogP contribution in [0.15, 0.2) is 12.1 Å². The van der Waals surface area contributed by atoms with Crippen LogP contribution >= 0.6 is 0 Å². The molecule has 0 radical (unpaired) electrons. The van der Waals surface area contributed by atoms with E-state index in [0.717, 1.165) is 19.3 Å². The Bertz CT molecular complexity index is 421. The minimum absolute atomic E-state index is 0.222. The number of fused-ring (bicyclic) bond motifs is 1. The second kappa shape index (κ2) is 4.28. The van der Waals surface area contributed by atoms with Crippen molar-refractivity contribution >= 4 is 5.97 Å². The molecule has 86 valence electrons. The zero-order chi connectivity index (χ0) is 11.7. The summed E-state index contributed by atoms with van der Waals surface area (Å²) in [4.78, 5) is 10.8. The van der Waals surface area contributed by atoms with Crippen LogP contribution in [0.1, 0.15) is 47.4 Å². The molecule has 1 aromatic carbocycles. The summed E-state index contributed by atoms with van der Waals surface area (Å²) < 4.78 is 0. The Hall–Kier alpha value is -1.31. The minimum Gasteiger partial charge on any atom is -0.481 e. The van der Waals surface area contributed by atoms with E-state index < -0.39 is 5.97 Å². The molecule has 0 aliphatic heterocycles. The first kappa shape index (κ1) is 11.2. The van der Waals surface area contributed by atoms with Crippen LogP contribution in [0.2, 0.25) is 0 Å². The quantitative estimate of drug-likeness (QED) is 0.827. The highest BCUT2D eigenvalue weighted by Crippen LogP contribution is 2.36. The molecule has 1 aliphatic carbocycles. The minimum atomic E-state index is -0.683. The van der Waals surface area contributed by atoms with Gasteiger partial charge in [0.25, 0.3) is 0 Å². The van der Waals surface area contributed by atoms with Gasteiger partial charge < -0.3 is 5.11 Å². The highest BCUT2D eigenvalue weighted by molar-refractivity contribution is 5.68. The average Bonchev–Trinajstić information content (AvgIpc) is 2.18. The molecule has 1 unspecified atom stereocenters. The molecule has 16 heavy (non-hydrogen) atoms. The standard InChI is InChI=1S/C14H18O2/c1-9-6-10(2)12-5-3-4-11(8-14(15)16)13(12)7-9/h6-7,11H,3-5,8H2,1-2H3,(H,15,16). The molecule has 2 rings (SSSR count). The van der Waals surface area contributed by atoms with Gasteiger partial charge in [-0.15, -0.1) is 0 Å². The fourth-order valence-corrected chi connectivity index (χ4v) is 2.84. The molecule has 1 N–H and O–H groups in total. The first-order valence-electron chi connectivity index (χ1n) is 5.89. The molecule has 0 saturated carbocycles. The molecule has 2 heteroatoms. The molecule has 2 nitrogen and oxygen atoms in total. The first-order chi connectivity index (χ1) is 7.58. The van der Waals surface area contributed by atoms with E-state index in [1.807, 2.05) is 0 Å². The summed E-state index contributed by atoms with van der Waals surface area (Å²) in [5, 5.41) is 8.93. The van der Waals surface area contributed by atoms with Crippen molar-refractivity contribution in [2.24, 2.45) is 0 Å². The van der Waals surface area contributed by atoms with Gasteiger partial charge in [0.15, 0.2) is 0 Å². The first-order valence-corrected chi connectivity index (χ1v) is 5.89. The van der Waals surface area contributed by atoms with Crippen LogP contribution in [0.4, 0.5) is 0 Å². The summed E-state index contributed by atoms with van der Waals surface area (Å²) in [7, 11) is 0. The molecule has 0 aromatic heterocycles. The van der Waals surface area contributed by atoms with Gasteiger partial charge in [-0.1, -0.05) is 17.7 Å². The predicted octanol–water partition coefficient (Wildman–Crippen LogP) is 3.20. The third kappa shape index (κ3) is 2.11. The summed E-state index contributed by atoms with van der Waals surface area (Å²) in [6.07, 6.45) is 3.52. The monoisotopic (exact) mass is 218 g/mol. The van der Waals surface area contributed by atoms with Crippen LogP contribution in [0.5, 0.6) is 0 Å². The van der Waals surface area contributed by atoms with Crippen LogP contribution in [0.3, 0.4) is 0 Å². The molecule has 1 aliphatic rings. The molecular weight excluding hydrogens is 200 g/mol. The second-order valence-electron chi connectivity index (χ2n) is 4.84. The highest BCUT2D eigenvalue weighted by Gasteiger charge is 2.23.